The second-order valence-corrected chi connectivity index (χ2v) is 5.98. The number of halogens is 1. The fourth-order valence-electron chi connectivity index (χ4n) is 3.05. The van der Waals surface area contributed by atoms with Crippen molar-refractivity contribution < 1.29 is 9.31 Å². The highest BCUT2D eigenvalue weighted by Crippen LogP contribution is 2.36. The third-order valence-corrected chi connectivity index (χ3v) is 4.17. The number of rotatable bonds is 3. The number of hydrogen-bond acceptors (Lipinski definition) is 5. The summed E-state index contributed by atoms with van der Waals surface area (Å²) in [5, 5.41) is 19.7. The quantitative estimate of drug-likeness (QED) is 0.642. The van der Waals surface area contributed by atoms with Gasteiger partial charge in [-0.15, -0.1) is 10.2 Å². The van der Waals surface area contributed by atoms with Crippen molar-refractivity contribution in [3.63, 3.8) is 0 Å². The van der Waals surface area contributed by atoms with Crippen LogP contribution in [-0.2, 0) is 6.54 Å². The fourth-order valence-corrected chi connectivity index (χ4v) is 3.05. The van der Waals surface area contributed by atoms with Gasteiger partial charge < -0.3 is 9.47 Å². The number of nitro benzene ring substituents is 1. The van der Waals surface area contributed by atoms with Crippen molar-refractivity contribution in [2.45, 2.75) is 39.3 Å². The minimum atomic E-state index is -0.615. The molecule has 2 aromatic rings. The SMILES string of the molecule is CC(C)c1nnc2n1CCN(c1ccc(F)cc1[N+](=O)[O-])C2C. The first kappa shape index (κ1) is 15.4. The summed E-state index contributed by atoms with van der Waals surface area (Å²) in [6.45, 7) is 7.27. The first-order valence-corrected chi connectivity index (χ1v) is 7.53. The Labute approximate surface area is 132 Å². The van der Waals surface area contributed by atoms with Gasteiger partial charge in [0.05, 0.1) is 17.0 Å². The fraction of sp³-hybridized carbons (Fsp3) is 0.467. The zero-order valence-corrected chi connectivity index (χ0v) is 13.2. The van der Waals surface area contributed by atoms with Gasteiger partial charge in [0, 0.05) is 19.0 Å². The molecule has 1 aliphatic rings. The van der Waals surface area contributed by atoms with E-state index in [2.05, 4.69) is 28.6 Å². The van der Waals surface area contributed by atoms with Gasteiger partial charge in [0.2, 0.25) is 0 Å². The van der Waals surface area contributed by atoms with Crippen LogP contribution in [0.15, 0.2) is 18.2 Å². The highest BCUT2D eigenvalue weighted by molar-refractivity contribution is 5.64. The minimum absolute atomic E-state index is 0.173. The summed E-state index contributed by atoms with van der Waals surface area (Å²) in [4.78, 5) is 12.6. The van der Waals surface area contributed by atoms with Gasteiger partial charge in [-0.3, -0.25) is 10.1 Å². The van der Waals surface area contributed by atoms with E-state index in [4.69, 9.17) is 0 Å². The predicted molar refractivity (Wildman–Crippen MR) is 82.9 cm³/mol. The third-order valence-electron chi connectivity index (χ3n) is 4.17. The van der Waals surface area contributed by atoms with Crippen molar-refractivity contribution in [2.75, 3.05) is 11.4 Å². The molecule has 8 heteroatoms. The molecule has 0 saturated heterocycles. The summed E-state index contributed by atoms with van der Waals surface area (Å²) in [6, 6.07) is 3.49. The maximum absolute atomic E-state index is 13.4. The Balaban J connectivity index is 2.02. The lowest BCUT2D eigenvalue weighted by molar-refractivity contribution is -0.384. The summed E-state index contributed by atoms with van der Waals surface area (Å²) in [5.74, 6) is 1.34. The number of aromatic nitrogens is 3. The molecule has 23 heavy (non-hydrogen) atoms. The molecule has 0 spiro atoms. The second-order valence-electron chi connectivity index (χ2n) is 5.98. The molecule has 1 aromatic heterocycles. The average molecular weight is 319 g/mol. The molecule has 1 unspecified atom stereocenters. The van der Waals surface area contributed by atoms with Crippen LogP contribution in [0.5, 0.6) is 0 Å². The van der Waals surface area contributed by atoms with E-state index in [9.17, 15) is 14.5 Å². The van der Waals surface area contributed by atoms with Gasteiger partial charge in [-0.2, -0.15) is 0 Å². The Bertz CT molecular complexity index is 758. The molecule has 0 amide bonds. The van der Waals surface area contributed by atoms with Gasteiger partial charge in [0.25, 0.3) is 5.69 Å². The molecule has 0 radical (unpaired) electrons. The molecule has 2 heterocycles. The molecular weight excluding hydrogens is 301 g/mol. The van der Waals surface area contributed by atoms with Crippen LogP contribution < -0.4 is 4.90 Å². The van der Waals surface area contributed by atoms with Crippen LogP contribution in [-0.4, -0.2) is 26.2 Å². The summed E-state index contributed by atoms with van der Waals surface area (Å²) < 4.78 is 15.4. The van der Waals surface area contributed by atoms with Crippen molar-refractivity contribution in [2.24, 2.45) is 0 Å². The zero-order valence-electron chi connectivity index (χ0n) is 13.2. The smallest absolute Gasteiger partial charge is 0.295 e. The van der Waals surface area contributed by atoms with E-state index in [1.54, 1.807) is 0 Å². The number of nitro groups is 1. The Morgan fingerprint density at radius 1 is 1.35 bits per heavy atom. The van der Waals surface area contributed by atoms with Crippen LogP contribution in [0.3, 0.4) is 0 Å². The maximum Gasteiger partial charge on any atom is 0.295 e. The molecule has 0 fully saturated rings. The summed E-state index contributed by atoms with van der Waals surface area (Å²) in [7, 11) is 0. The molecule has 0 bridgehead atoms. The molecule has 7 nitrogen and oxygen atoms in total. The standard InChI is InChI=1S/C15H18FN5O2/c1-9(2)14-17-18-15-10(3)19(6-7-20(14)15)12-5-4-11(16)8-13(12)21(22)23/h4-5,8-10H,6-7H2,1-3H3. The zero-order chi connectivity index (χ0) is 16.7. The lowest BCUT2D eigenvalue weighted by Gasteiger charge is -2.35. The van der Waals surface area contributed by atoms with Gasteiger partial charge in [-0.25, -0.2) is 4.39 Å². The van der Waals surface area contributed by atoms with E-state index in [-0.39, 0.29) is 17.6 Å². The molecule has 0 saturated carbocycles. The van der Waals surface area contributed by atoms with E-state index < -0.39 is 10.7 Å². The van der Waals surface area contributed by atoms with Crippen molar-refractivity contribution in [3.05, 3.63) is 45.8 Å². The van der Waals surface area contributed by atoms with Crippen LogP contribution in [0.4, 0.5) is 15.8 Å². The highest BCUT2D eigenvalue weighted by Gasteiger charge is 2.32. The molecular formula is C15H18FN5O2. The van der Waals surface area contributed by atoms with Crippen LogP contribution in [0.2, 0.25) is 0 Å². The Kier molecular flexibility index (Phi) is 3.75. The maximum atomic E-state index is 13.4. The van der Waals surface area contributed by atoms with Crippen LogP contribution >= 0.6 is 0 Å². The molecule has 1 aromatic carbocycles. The van der Waals surface area contributed by atoms with E-state index in [1.807, 2.05) is 11.8 Å². The number of anilines is 1. The molecule has 0 N–H and O–H groups in total. The van der Waals surface area contributed by atoms with Crippen molar-refractivity contribution in [3.8, 4) is 0 Å². The van der Waals surface area contributed by atoms with Gasteiger partial charge in [-0.1, -0.05) is 13.8 Å². The Hall–Kier alpha value is -2.51. The van der Waals surface area contributed by atoms with E-state index in [0.717, 1.165) is 17.7 Å². The molecule has 0 aliphatic carbocycles. The normalized spacial score (nSPS) is 17.4. The summed E-state index contributed by atoms with van der Waals surface area (Å²) in [6.07, 6.45) is 0. The average Bonchev–Trinajstić information content (AvgIpc) is 2.93. The molecule has 122 valence electrons. The van der Waals surface area contributed by atoms with E-state index >= 15 is 0 Å². The van der Waals surface area contributed by atoms with Gasteiger partial charge in [0.1, 0.15) is 17.3 Å². The second kappa shape index (κ2) is 5.60. The van der Waals surface area contributed by atoms with Gasteiger partial charge in [-0.05, 0) is 19.1 Å². The molecule has 1 aliphatic heterocycles. The first-order chi connectivity index (χ1) is 10.9. The number of nitrogens with zero attached hydrogens (tertiary/aromatic N) is 5. The van der Waals surface area contributed by atoms with E-state index in [0.29, 0.717) is 18.8 Å². The predicted octanol–water partition coefficient (Wildman–Crippen LogP) is 3.03. The van der Waals surface area contributed by atoms with Crippen molar-refractivity contribution in [1.82, 2.24) is 14.8 Å². The van der Waals surface area contributed by atoms with Crippen LogP contribution in [0, 0.1) is 15.9 Å². The van der Waals surface area contributed by atoms with Crippen LogP contribution in [0.1, 0.15) is 44.4 Å². The lowest BCUT2D eigenvalue weighted by Crippen LogP contribution is -2.38. The van der Waals surface area contributed by atoms with Crippen molar-refractivity contribution >= 4 is 11.4 Å². The topological polar surface area (TPSA) is 77.1 Å². The lowest BCUT2D eigenvalue weighted by atomic mass is 10.1. The number of benzene rings is 1. The van der Waals surface area contributed by atoms with Crippen molar-refractivity contribution in [1.29, 1.82) is 0 Å². The van der Waals surface area contributed by atoms with Gasteiger partial charge >= 0.3 is 0 Å². The monoisotopic (exact) mass is 319 g/mol. The van der Waals surface area contributed by atoms with Crippen LogP contribution in [0.25, 0.3) is 0 Å². The summed E-state index contributed by atoms with van der Waals surface area (Å²) >= 11 is 0. The third kappa shape index (κ3) is 2.54. The first-order valence-electron chi connectivity index (χ1n) is 7.53. The Morgan fingerprint density at radius 2 is 2.09 bits per heavy atom. The minimum Gasteiger partial charge on any atom is -0.354 e. The number of fused-ring (bicyclic) bond motifs is 1. The highest BCUT2D eigenvalue weighted by atomic mass is 19.1. The van der Waals surface area contributed by atoms with E-state index in [1.165, 1.54) is 12.1 Å². The molecule has 1 atom stereocenters. The summed E-state index contributed by atoms with van der Waals surface area (Å²) in [5.41, 5.74) is 0.179. The van der Waals surface area contributed by atoms with Gasteiger partial charge in [0.15, 0.2) is 5.82 Å². The Morgan fingerprint density at radius 3 is 2.74 bits per heavy atom. The largest absolute Gasteiger partial charge is 0.354 e. The molecule has 3 rings (SSSR count). The number of hydrogen-bond donors (Lipinski definition) is 0.